The van der Waals surface area contributed by atoms with Gasteiger partial charge in [0.2, 0.25) is 11.8 Å². The van der Waals surface area contributed by atoms with E-state index in [0.29, 0.717) is 43.0 Å². The fraction of sp³-hybridized carbons (Fsp3) is 0.417. The van der Waals surface area contributed by atoms with Crippen LogP contribution in [0.3, 0.4) is 0 Å². The van der Waals surface area contributed by atoms with Crippen LogP contribution in [0.1, 0.15) is 35.7 Å². The molecule has 2 heterocycles. The predicted molar refractivity (Wildman–Crippen MR) is 122 cm³/mol. The quantitative estimate of drug-likeness (QED) is 0.627. The van der Waals surface area contributed by atoms with E-state index >= 15 is 0 Å². The molecule has 1 aromatic heterocycles. The standard InChI is InChI=1S/C24H30N4O5/c1-16(29)26-20(14-17-6-4-8-21(32-2)22(17)33-3)23(30)27-19-9-12-28(13-10-19)24(31)18-7-5-11-25-15-18/h4-8,11,15,19-20H,9-10,12-14H2,1-3H3,(H,26,29)(H,27,30)/t20-/m1/s1. The van der Waals surface area contributed by atoms with Gasteiger partial charge in [-0.2, -0.15) is 0 Å². The highest BCUT2D eigenvalue weighted by Crippen LogP contribution is 2.31. The van der Waals surface area contributed by atoms with Gasteiger partial charge in [-0.25, -0.2) is 0 Å². The van der Waals surface area contributed by atoms with Crippen molar-refractivity contribution < 1.29 is 23.9 Å². The van der Waals surface area contributed by atoms with Crippen LogP contribution in [0, 0.1) is 0 Å². The van der Waals surface area contributed by atoms with E-state index in [4.69, 9.17) is 9.47 Å². The second kappa shape index (κ2) is 11.3. The summed E-state index contributed by atoms with van der Waals surface area (Å²) < 4.78 is 10.8. The average Bonchev–Trinajstić information content (AvgIpc) is 2.83. The van der Waals surface area contributed by atoms with Gasteiger partial charge in [-0.1, -0.05) is 12.1 Å². The van der Waals surface area contributed by atoms with Crippen LogP contribution in [0.2, 0.25) is 0 Å². The van der Waals surface area contributed by atoms with Crippen LogP contribution < -0.4 is 20.1 Å². The number of benzene rings is 1. The third-order valence-corrected chi connectivity index (χ3v) is 5.64. The number of methoxy groups -OCH3 is 2. The number of nitrogens with zero attached hydrogens (tertiary/aromatic N) is 2. The Morgan fingerprint density at radius 3 is 2.48 bits per heavy atom. The first-order valence-corrected chi connectivity index (χ1v) is 10.9. The minimum absolute atomic E-state index is 0.0610. The van der Waals surface area contributed by atoms with E-state index in [1.807, 2.05) is 12.1 Å². The number of pyridine rings is 1. The molecule has 1 aliphatic rings. The summed E-state index contributed by atoms with van der Waals surface area (Å²) in [7, 11) is 3.08. The minimum atomic E-state index is -0.765. The lowest BCUT2D eigenvalue weighted by Crippen LogP contribution is -2.53. The molecule has 176 valence electrons. The molecule has 3 amide bonds. The Bertz CT molecular complexity index is 974. The second-order valence-corrected chi connectivity index (χ2v) is 7.93. The summed E-state index contributed by atoms with van der Waals surface area (Å²) in [5, 5.41) is 5.77. The van der Waals surface area contributed by atoms with Gasteiger partial charge in [-0.3, -0.25) is 19.4 Å². The molecule has 2 N–H and O–H groups in total. The van der Waals surface area contributed by atoms with E-state index in [9.17, 15) is 14.4 Å². The zero-order chi connectivity index (χ0) is 23.8. The van der Waals surface area contributed by atoms with Gasteiger partial charge in [0.15, 0.2) is 11.5 Å². The normalized spacial score (nSPS) is 14.8. The van der Waals surface area contributed by atoms with Crippen LogP contribution in [0.25, 0.3) is 0 Å². The minimum Gasteiger partial charge on any atom is -0.493 e. The number of nitrogens with one attached hydrogen (secondary N) is 2. The van der Waals surface area contributed by atoms with Crippen LogP contribution in [0.15, 0.2) is 42.7 Å². The van der Waals surface area contributed by atoms with Gasteiger partial charge in [0.1, 0.15) is 6.04 Å². The molecule has 0 spiro atoms. The Balaban J connectivity index is 1.62. The van der Waals surface area contributed by atoms with Crippen LogP contribution in [-0.2, 0) is 16.0 Å². The number of aromatic nitrogens is 1. The van der Waals surface area contributed by atoms with Gasteiger partial charge >= 0.3 is 0 Å². The zero-order valence-corrected chi connectivity index (χ0v) is 19.2. The summed E-state index contributed by atoms with van der Waals surface area (Å²) in [6, 6.07) is 8.06. The molecule has 1 aromatic carbocycles. The number of amides is 3. The van der Waals surface area contributed by atoms with Crippen molar-refractivity contribution in [3.63, 3.8) is 0 Å². The lowest BCUT2D eigenvalue weighted by Gasteiger charge is -2.33. The topological polar surface area (TPSA) is 110 Å². The van der Waals surface area contributed by atoms with Crippen molar-refractivity contribution in [1.29, 1.82) is 0 Å². The number of piperidine rings is 1. The average molecular weight is 455 g/mol. The second-order valence-electron chi connectivity index (χ2n) is 7.93. The molecule has 3 rings (SSSR count). The number of ether oxygens (including phenoxy) is 2. The Kier molecular flexibility index (Phi) is 8.23. The van der Waals surface area contributed by atoms with Crippen molar-refractivity contribution >= 4 is 17.7 Å². The fourth-order valence-electron chi connectivity index (χ4n) is 3.99. The summed E-state index contributed by atoms with van der Waals surface area (Å²) in [6.45, 7) is 2.45. The molecule has 0 aliphatic carbocycles. The van der Waals surface area contributed by atoms with Crippen molar-refractivity contribution in [3.8, 4) is 11.5 Å². The lowest BCUT2D eigenvalue weighted by atomic mass is 10.0. The summed E-state index contributed by atoms with van der Waals surface area (Å²) in [5.41, 5.74) is 1.31. The zero-order valence-electron chi connectivity index (χ0n) is 19.2. The molecule has 0 radical (unpaired) electrons. The van der Waals surface area contributed by atoms with Crippen molar-refractivity contribution in [1.82, 2.24) is 20.5 Å². The number of carbonyl (C=O) groups is 3. The number of likely N-dealkylation sites (tertiary alicyclic amines) is 1. The van der Waals surface area contributed by atoms with E-state index in [0.717, 1.165) is 5.56 Å². The third kappa shape index (κ3) is 6.21. The van der Waals surface area contributed by atoms with Crippen molar-refractivity contribution in [2.24, 2.45) is 0 Å². The third-order valence-electron chi connectivity index (χ3n) is 5.64. The monoisotopic (exact) mass is 454 g/mol. The largest absolute Gasteiger partial charge is 0.493 e. The summed E-state index contributed by atoms with van der Waals surface area (Å²) in [5.74, 6) is 0.461. The first-order chi connectivity index (χ1) is 15.9. The maximum Gasteiger partial charge on any atom is 0.255 e. The molecule has 2 aromatic rings. The Labute approximate surface area is 193 Å². The van der Waals surface area contributed by atoms with Crippen LogP contribution in [0.5, 0.6) is 11.5 Å². The molecular weight excluding hydrogens is 424 g/mol. The highest BCUT2D eigenvalue weighted by atomic mass is 16.5. The van der Waals surface area contributed by atoms with Crippen LogP contribution >= 0.6 is 0 Å². The number of para-hydroxylation sites is 1. The SMILES string of the molecule is COc1cccc(C[C@@H](NC(C)=O)C(=O)NC2CCN(C(=O)c3cccnc3)CC2)c1OC. The van der Waals surface area contributed by atoms with Crippen molar-refractivity contribution in [3.05, 3.63) is 53.9 Å². The van der Waals surface area contributed by atoms with Gasteiger partial charge in [-0.05, 0) is 31.0 Å². The molecule has 9 heteroatoms. The lowest BCUT2D eigenvalue weighted by molar-refractivity contribution is -0.128. The van der Waals surface area contributed by atoms with E-state index in [1.54, 1.807) is 42.6 Å². The van der Waals surface area contributed by atoms with Crippen LogP contribution in [-0.4, -0.2) is 67.0 Å². The van der Waals surface area contributed by atoms with Gasteiger partial charge in [-0.15, -0.1) is 0 Å². The van der Waals surface area contributed by atoms with E-state index < -0.39 is 6.04 Å². The number of hydrogen-bond donors (Lipinski definition) is 2. The van der Waals surface area contributed by atoms with Gasteiger partial charge < -0.3 is 25.0 Å². The van der Waals surface area contributed by atoms with Crippen molar-refractivity contribution in [2.75, 3.05) is 27.3 Å². The molecule has 1 saturated heterocycles. The Morgan fingerprint density at radius 2 is 1.88 bits per heavy atom. The molecule has 0 saturated carbocycles. The molecule has 0 bridgehead atoms. The summed E-state index contributed by atoms with van der Waals surface area (Å²) >= 11 is 0. The molecule has 1 fully saturated rings. The maximum atomic E-state index is 13.1. The molecule has 33 heavy (non-hydrogen) atoms. The van der Waals surface area contributed by atoms with Gasteiger partial charge in [0.05, 0.1) is 19.8 Å². The molecular formula is C24H30N4O5. The van der Waals surface area contributed by atoms with Crippen LogP contribution in [0.4, 0.5) is 0 Å². The molecule has 9 nitrogen and oxygen atoms in total. The predicted octanol–water partition coefficient (Wildman–Crippen LogP) is 1.57. The number of rotatable bonds is 8. The number of hydrogen-bond acceptors (Lipinski definition) is 6. The first kappa shape index (κ1) is 24.0. The highest BCUT2D eigenvalue weighted by molar-refractivity contribution is 5.94. The van der Waals surface area contributed by atoms with E-state index in [-0.39, 0.29) is 30.2 Å². The Hall–Kier alpha value is -3.62. The molecule has 1 aliphatic heterocycles. The Morgan fingerprint density at radius 1 is 1.12 bits per heavy atom. The molecule has 1 atom stereocenters. The highest BCUT2D eigenvalue weighted by Gasteiger charge is 2.28. The van der Waals surface area contributed by atoms with Gasteiger partial charge in [0, 0.05) is 50.4 Å². The maximum absolute atomic E-state index is 13.1. The van der Waals surface area contributed by atoms with Crippen molar-refractivity contribution in [2.45, 2.75) is 38.3 Å². The smallest absolute Gasteiger partial charge is 0.255 e. The summed E-state index contributed by atoms with van der Waals surface area (Å²) in [6.07, 6.45) is 4.70. The fourth-order valence-corrected chi connectivity index (χ4v) is 3.99. The summed E-state index contributed by atoms with van der Waals surface area (Å²) in [4.78, 5) is 43.2. The van der Waals surface area contributed by atoms with E-state index in [1.165, 1.54) is 14.0 Å². The molecule has 0 unspecified atom stereocenters. The van der Waals surface area contributed by atoms with E-state index in [2.05, 4.69) is 15.6 Å². The van der Waals surface area contributed by atoms with Gasteiger partial charge in [0.25, 0.3) is 5.91 Å². The number of carbonyl (C=O) groups excluding carboxylic acids is 3. The first-order valence-electron chi connectivity index (χ1n) is 10.9.